The van der Waals surface area contributed by atoms with Crippen LogP contribution in [0.5, 0.6) is 46.0 Å². The summed E-state index contributed by atoms with van der Waals surface area (Å²) in [4.78, 5) is 0. The van der Waals surface area contributed by atoms with Gasteiger partial charge in [-0.15, -0.1) is 0 Å². The van der Waals surface area contributed by atoms with Gasteiger partial charge in [0.1, 0.15) is 0 Å². The quantitative estimate of drug-likeness (QED) is 0.316. The number of benzene rings is 3. The fourth-order valence-corrected chi connectivity index (χ4v) is 5.67. The zero-order chi connectivity index (χ0) is 28.4. The van der Waals surface area contributed by atoms with Gasteiger partial charge in [-0.25, -0.2) is 0 Å². The van der Waals surface area contributed by atoms with E-state index < -0.39 is 0 Å². The van der Waals surface area contributed by atoms with E-state index in [-0.39, 0.29) is 47.0 Å². The summed E-state index contributed by atoms with van der Waals surface area (Å²) in [6.45, 7) is 3.06. The molecule has 0 aromatic heterocycles. The van der Waals surface area contributed by atoms with E-state index in [4.69, 9.17) is 33.2 Å². The molecule has 2 saturated heterocycles. The molecule has 3 aromatic rings. The molecule has 0 spiro atoms. The molecular weight excluding hydrogens is 516 g/mol. The normalized spacial score (nSPS) is 21.6. The first-order valence-electron chi connectivity index (χ1n) is 13.4. The molecule has 4 unspecified atom stereocenters. The smallest absolute Gasteiger partial charge is 0.201 e. The zero-order valence-electron chi connectivity index (χ0n) is 23.4. The van der Waals surface area contributed by atoms with Gasteiger partial charge in [0.2, 0.25) is 11.5 Å². The summed E-state index contributed by atoms with van der Waals surface area (Å²) in [6, 6.07) is 12.9. The summed E-state index contributed by atoms with van der Waals surface area (Å²) in [5.41, 5.74) is 2.80. The summed E-state index contributed by atoms with van der Waals surface area (Å²) in [5, 5.41) is 21.3. The van der Waals surface area contributed by atoms with E-state index in [0.29, 0.717) is 36.2 Å². The third-order valence-electron chi connectivity index (χ3n) is 7.69. The number of aromatic hydroxyl groups is 2. The van der Waals surface area contributed by atoms with Gasteiger partial charge in [0.05, 0.1) is 53.9 Å². The monoisotopic (exact) mass is 552 g/mol. The van der Waals surface area contributed by atoms with Crippen LogP contribution < -0.4 is 23.7 Å². The van der Waals surface area contributed by atoms with Gasteiger partial charge in [-0.3, -0.25) is 0 Å². The van der Waals surface area contributed by atoms with Crippen molar-refractivity contribution in [2.75, 3.05) is 41.7 Å². The minimum absolute atomic E-state index is 0.0424. The van der Waals surface area contributed by atoms with Crippen LogP contribution in [0.25, 0.3) is 0 Å². The van der Waals surface area contributed by atoms with E-state index in [1.54, 1.807) is 31.4 Å². The largest absolute Gasteiger partial charge is 0.502 e. The van der Waals surface area contributed by atoms with Crippen molar-refractivity contribution in [3.05, 3.63) is 59.2 Å². The van der Waals surface area contributed by atoms with Crippen molar-refractivity contribution >= 4 is 0 Å². The van der Waals surface area contributed by atoms with Crippen LogP contribution in [-0.2, 0) is 15.9 Å². The van der Waals surface area contributed by atoms with Crippen LogP contribution in [0.2, 0.25) is 0 Å². The van der Waals surface area contributed by atoms with Crippen molar-refractivity contribution in [1.82, 2.24) is 0 Å². The van der Waals surface area contributed by atoms with Crippen molar-refractivity contribution in [3.63, 3.8) is 0 Å². The summed E-state index contributed by atoms with van der Waals surface area (Å²) in [7, 11) is 6.09. The number of rotatable bonds is 10. The van der Waals surface area contributed by atoms with Crippen molar-refractivity contribution in [1.29, 1.82) is 0 Å². The van der Waals surface area contributed by atoms with Crippen LogP contribution in [0.3, 0.4) is 0 Å². The lowest BCUT2D eigenvalue weighted by Crippen LogP contribution is -2.15. The average Bonchev–Trinajstić information content (AvgIpc) is 3.58. The van der Waals surface area contributed by atoms with Gasteiger partial charge in [0, 0.05) is 11.8 Å². The van der Waals surface area contributed by atoms with Gasteiger partial charge in [-0.2, -0.15) is 0 Å². The Bertz CT molecular complexity index is 1330. The molecule has 3 aromatic carbocycles. The van der Waals surface area contributed by atoms with Gasteiger partial charge >= 0.3 is 0 Å². The first-order valence-corrected chi connectivity index (χ1v) is 13.4. The van der Waals surface area contributed by atoms with E-state index in [9.17, 15) is 10.2 Å². The molecule has 4 atom stereocenters. The molecule has 2 fully saturated rings. The van der Waals surface area contributed by atoms with E-state index in [0.717, 1.165) is 29.5 Å². The predicted octanol–water partition coefficient (Wildman–Crippen LogP) is 5.95. The standard InChI is InChI=1S/C31H36O9/c1-6-7-17-8-9-22(23(10-17)34-2)40-27-14-19(13-26(37-5)29(27)33)31-21-16-38-30(20(21)15-39-31)18-11-24(35-3)28(32)25(12-18)36-4/h8-14,20-21,30-33H,6-7,15-16H2,1-5H3. The Morgan fingerprint density at radius 1 is 0.650 bits per heavy atom. The summed E-state index contributed by atoms with van der Waals surface area (Å²) < 4.78 is 40.5. The number of fused-ring (bicyclic) bond motifs is 1. The Morgan fingerprint density at radius 2 is 1.12 bits per heavy atom. The summed E-state index contributed by atoms with van der Waals surface area (Å²) >= 11 is 0. The first kappa shape index (κ1) is 27.7. The van der Waals surface area contributed by atoms with E-state index in [1.165, 1.54) is 21.3 Å². The maximum atomic E-state index is 10.9. The molecule has 2 aliphatic heterocycles. The minimum Gasteiger partial charge on any atom is -0.502 e. The van der Waals surface area contributed by atoms with Crippen LogP contribution in [0.15, 0.2) is 42.5 Å². The Hall–Kier alpha value is -3.82. The number of hydrogen-bond acceptors (Lipinski definition) is 9. The van der Waals surface area contributed by atoms with Crippen molar-refractivity contribution in [2.45, 2.75) is 32.0 Å². The second-order valence-electron chi connectivity index (χ2n) is 10.0. The molecular formula is C31H36O9. The Balaban J connectivity index is 1.43. The van der Waals surface area contributed by atoms with Crippen molar-refractivity contribution in [2.24, 2.45) is 11.8 Å². The third kappa shape index (κ3) is 5.07. The fraction of sp³-hybridized carbons (Fsp3) is 0.419. The molecule has 5 rings (SSSR count). The van der Waals surface area contributed by atoms with Gasteiger partial charge in [0.25, 0.3) is 0 Å². The Morgan fingerprint density at radius 3 is 1.60 bits per heavy atom. The fourth-order valence-electron chi connectivity index (χ4n) is 5.67. The van der Waals surface area contributed by atoms with E-state index in [2.05, 4.69) is 6.92 Å². The van der Waals surface area contributed by atoms with Crippen molar-refractivity contribution in [3.8, 4) is 46.0 Å². The molecule has 9 heteroatoms. The predicted molar refractivity (Wildman–Crippen MR) is 147 cm³/mol. The van der Waals surface area contributed by atoms with Gasteiger partial charge < -0.3 is 43.4 Å². The average molecular weight is 553 g/mol. The number of phenols is 2. The molecule has 2 heterocycles. The second-order valence-corrected chi connectivity index (χ2v) is 10.0. The zero-order valence-corrected chi connectivity index (χ0v) is 23.4. The van der Waals surface area contributed by atoms with Crippen LogP contribution in [-0.4, -0.2) is 51.9 Å². The van der Waals surface area contributed by atoms with Gasteiger partial charge in [-0.05, 0) is 59.5 Å². The molecule has 9 nitrogen and oxygen atoms in total. The molecule has 40 heavy (non-hydrogen) atoms. The number of hydrogen-bond donors (Lipinski definition) is 2. The molecule has 0 aliphatic carbocycles. The molecule has 2 aliphatic rings. The summed E-state index contributed by atoms with van der Waals surface area (Å²) in [5.74, 6) is 2.17. The Kier molecular flexibility index (Phi) is 8.14. The van der Waals surface area contributed by atoms with Crippen LogP contribution >= 0.6 is 0 Å². The molecule has 0 saturated carbocycles. The highest BCUT2D eigenvalue weighted by Gasteiger charge is 2.48. The SMILES string of the molecule is CCCc1ccc(Oc2cc(C3OCC4C(c5cc(OC)c(O)c(OC)c5)OCC34)cc(OC)c2O)c(OC)c1. The third-order valence-corrected chi connectivity index (χ3v) is 7.69. The molecule has 0 radical (unpaired) electrons. The highest BCUT2D eigenvalue weighted by Crippen LogP contribution is 2.53. The van der Waals surface area contributed by atoms with Gasteiger partial charge in [0.15, 0.2) is 34.5 Å². The maximum absolute atomic E-state index is 10.9. The van der Waals surface area contributed by atoms with E-state index in [1.807, 2.05) is 18.2 Å². The van der Waals surface area contributed by atoms with Gasteiger partial charge in [-0.1, -0.05) is 19.4 Å². The van der Waals surface area contributed by atoms with E-state index >= 15 is 0 Å². The summed E-state index contributed by atoms with van der Waals surface area (Å²) in [6.07, 6.45) is 1.38. The maximum Gasteiger partial charge on any atom is 0.201 e. The molecule has 2 N–H and O–H groups in total. The molecule has 0 amide bonds. The Labute approximate surface area is 234 Å². The highest BCUT2D eigenvalue weighted by molar-refractivity contribution is 5.57. The lowest BCUT2D eigenvalue weighted by Gasteiger charge is -2.20. The lowest BCUT2D eigenvalue weighted by molar-refractivity contribution is 0.0190. The first-order chi connectivity index (χ1) is 19.4. The minimum atomic E-state index is -0.304. The van der Waals surface area contributed by atoms with Crippen LogP contribution in [0.4, 0.5) is 0 Å². The second kappa shape index (κ2) is 11.7. The number of ether oxygens (including phenoxy) is 7. The highest BCUT2D eigenvalue weighted by atomic mass is 16.5. The number of methoxy groups -OCH3 is 4. The molecule has 0 bridgehead atoms. The number of phenolic OH excluding ortho intramolecular Hbond substituents is 2. The van der Waals surface area contributed by atoms with Crippen molar-refractivity contribution < 1.29 is 43.4 Å². The topological polar surface area (TPSA) is 105 Å². The lowest BCUT2D eigenvalue weighted by atomic mass is 9.84. The van der Waals surface area contributed by atoms with Crippen LogP contribution in [0, 0.1) is 11.8 Å². The number of aryl methyl sites for hydroxylation is 1. The molecule has 214 valence electrons. The van der Waals surface area contributed by atoms with Crippen LogP contribution in [0.1, 0.15) is 42.2 Å².